The van der Waals surface area contributed by atoms with Crippen molar-refractivity contribution >= 4 is 5.91 Å². The lowest BCUT2D eigenvalue weighted by Crippen LogP contribution is -2.33. The molecule has 3 rings (SSSR count). The number of aromatic amines is 1. The molecule has 0 aliphatic rings. The van der Waals surface area contributed by atoms with Gasteiger partial charge in [-0.2, -0.15) is 5.10 Å². The fourth-order valence-corrected chi connectivity index (χ4v) is 2.68. The molecule has 1 aromatic heterocycles. The van der Waals surface area contributed by atoms with Crippen molar-refractivity contribution in [1.29, 1.82) is 0 Å². The van der Waals surface area contributed by atoms with Crippen molar-refractivity contribution in [3.63, 3.8) is 0 Å². The van der Waals surface area contributed by atoms with E-state index in [2.05, 4.69) is 27.6 Å². The lowest BCUT2D eigenvalue weighted by Gasteiger charge is -2.14. The quantitative estimate of drug-likeness (QED) is 0.725. The summed E-state index contributed by atoms with van der Waals surface area (Å²) in [4.78, 5) is 12.6. The van der Waals surface area contributed by atoms with Gasteiger partial charge < -0.3 is 5.32 Å². The Kier molecular flexibility index (Phi) is 5.06. The molecule has 1 atom stereocenters. The van der Waals surface area contributed by atoms with Gasteiger partial charge in [0.05, 0.1) is 17.5 Å². The van der Waals surface area contributed by atoms with E-state index in [4.69, 9.17) is 0 Å². The van der Waals surface area contributed by atoms with Crippen LogP contribution in [0.2, 0.25) is 0 Å². The van der Waals surface area contributed by atoms with Crippen LogP contribution in [0.25, 0.3) is 11.3 Å². The molecule has 0 bridgehead atoms. The average Bonchev–Trinajstić information content (AvgIpc) is 3.11. The van der Waals surface area contributed by atoms with Crippen molar-refractivity contribution in [2.45, 2.75) is 25.8 Å². The van der Waals surface area contributed by atoms with Crippen molar-refractivity contribution < 1.29 is 4.79 Å². The third kappa shape index (κ3) is 3.90. The third-order valence-corrected chi connectivity index (χ3v) is 4.03. The normalized spacial score (nSPS) is 11.9. The van der Waals surface area contributed by atoms with Gasteiger partial charge in [0.2, 0.25) is 0 Å². The molecule has 3 aromatic rings. The number of nitrogens with zero attached hydrogens (tertiary/aromatic N) is 1. The molecular weight excluding hydrogens is 298 g/mol. The lowest BCUT2D eigenvalue weighted by atomic mass is 10.0. The first-order valence-electron chi connectivity index (χ1n) is 8.17. The molecule has 0 fully saturated rings. The minimum absolute atomic E-state index is 0.0937. The summed E-state index contributed by atoms with van der Waals surface area (Å²) >= 11 is 0. The van der Waals surface area contributed by atoms with Crippen LogP contribution >= 0.6 is 0 Å². The summed E-state index contributed by atoms with van der Waals surface area (Å²) in [5, 5.41) is 10.0. The van der Waals surface area contributed by atoms with Gasteiger partial charge in [-0.25, -0.2) is 0 Å². The van der Waals surface area contributed by atoms with E-state index in [0.29, 0.717) is 5.56 Å². The molecule has 0 saturated carbocycles. The number of H-pyrrole nitrogens is 1. The summed E-state index contributed by atoms with van der Waals surface area (Å²) in [5.74, 6) is -0.0943. The van der Waals surface area contributed by atoms with E-state index in [1.165, 1.54) is 5.56 Å². The Morgan fingerprint density at radius 2 is 1.75 bits per heavy atom. The Morgan fingerprint density at radius 3 is 2.46 bits per heavy atom. The average molecular weight is 319 g/mol. The summed E-state index contributed by atoms with van der Waals surface area (Å²) in [5.41, 5.74) is 3.57. The Balaban J connectivity index is 1.62. The second-order valence-electron chi connectivity index (χ2n) is 5.92. The van der Waals surface area contributed by atoms with Crippen LogP contribution in [0.4, 0.5) is 0 Å². The highest BCUT2D eigenvalue weighted by molar-refractivity contribution is 5.99. The van der Waals surface area contributed by atoms with Crippen molar-refractivity contribution in [2.75, 3.05) is 0 Å². The Labute approximate surface area is 141 Å². The minimum atomic E-state index is -0.0943. The Hall–Kier alpha value is -2.88. The summed E-state index contributed by atoms with van der Waals surface area (Å²) in [6.45, 7) is 2.03. The SMILES string of the molecule is C[C@@H](CCc1ccccc1)NC(=O)c1cn[nH]c1-c1ccccc1. The highest BCUT2D eigenvalue weighted by atomic mass is 16.1. The molecule has 0 saturated heterocycles. The van der Waals surface area contributed by atoms with Crippen LogP contribution in [0.15, 0.2) is 66.9 Å². The molecule has 1 amide bonds. The van der Waals surface area contributed by atoms with Gasteiger partial charge in [0.25, 0.3) is 5.91 Å². The number of rotatable bonds is 6. The van der Waals surface area contributed by atoms with Crippen LogP contribution in [-0.4, -0.2) is 22.1 Å². The van der Waals surface area contributed by atoms with Crippen LogP contribution in [0, 0.1) is 0 Å². The lowest BCUT2D eigenvalue weighted by molar-refractivity contribution is 0.0939. The molecule has 24 heavy (non-hydrogen) atoms. The molecule has 0 aliphatic heterocycles. The summed E-state index contributed by atoms with van der Waals surface area (Å²) in [7, 11) is 0. The van der Waals surface area contributed by atoms with Gasteiger partial charge in [-0.3, -0.25) is 9.89 Å². The maximum atomic E-state index is 12.6. The fourth-order valence-electron chi connectivity index (χ4n) is 2.68. The molecule has 4 heteroatoms. The summed E-state index contributed by atoms with van der Waals surface area (Å²) in [6, 6.07) is 20.2. The second kappa shape index (κ2) is 7.59. The topological polar surface area (TPSA) is 57.8 Å². The number of hydrogen-bond donors (Lipinski definition) is 2. The van der Waals surface area contributed by atoms with Gasteiger partial charge in [0, 0.05) is 11.6 Å². The van der Waals surface area contributed by atoms with Gasteiger partial charge in [-0.1, -0.05) is 60.7 Å². The zero-order chi connectivity index (χ0) is 16.8. The van der Waals surface area contributed by atoms with Crippen LogP contribution < -0.4 is 5.32 Å². The van der Waals surface area contributed by atoms with E-state index in [-0.39, 0.29) is 11.9 Å². The number of carbonyl (C=O) groups excluding carboxylic acids is 1. The first-order valence-corrected chi connectivity index (χ1v) is 8.17. The third-order valence-electron chi connectivity index (χ3n) is 4.03. The van der Waals surface area contributed by atoms with E-state index < -0.39 is 0 Å². The summed E-state index contributed by atoms with van der Waals surface area (Å²) < 4.78 is 0. The van der Waals surface area contributed by atoms with E-state index in [0.717, 1.165) is 24.1 Å². The number of benzene rings is 2. The fraction of sp³-hybridized carbons (Fsp3) is 0.200. The minimum Gasteiger partial charge on any atom is -0.349 e. The van der Waals surface area contributed by atoms with Crippen molar-refractivity contribution in [3.05, 3.63) is 78.0 Å². The number of carbonyl (C=O) groups is 1. The van der Waals surface area contributed by atoms with Gasteiger partial charge in [0.15, 0.2) is 0 Å². The highest BCUT2D eigenvalue weighted by Gasteiger charge is 2.16. The predicted octanol–water partition coefficient (Wildman–Crippen LogP) is 3.83. The monoisotopic (exact) mass is 319 g/mol. The smallest absolute Gasteiger partial charge is 0.255 e. The van der Waals surface area contributed by atoms with Crippen molar-refractivity contribution in [3.8, 4) is 11.3 Å². The first kappa shape index (κ1) is 16.0. The number of aryl methyl sites for hydroxylation is 1. The molecule has 0 radical (unpaired) electrons. The van der Waals surface area contributed by atoms with Crippen LogP contribution in [0.1, 0.15) is 29.3 Å². The second-order valence-corrected chi connectivity index (χ2v) is 5.92. The molecule has 0 aliphatic carbocycles. The van der Waals surface area contributed by atoms with E-state index >= 15 is 0 Å². The Morgan fingerprint density at radius 1 is 1.08 bits per heavy atom. The number of hydrogen-bond acceptors (Lipinski definition) is 2. The number of nitrogens with one attached hydrogen (secondary N) is 2. The van der Waals surface area contributed by atoms with Gasteiger partial charge in [-0.05, 0) is 25.3 Å². The van der Waals surface area contributed by atoms with E-state index in [1.54, 1.807) is 6.20 Å². The van der Waals surface area contributed by atoms with Gasteiger partial charge >= 0.3 is 0 Å². The van der Waals surface area contributed by atoms with Crippen LogP contribution in [0.5, 0.6) is 0 Å². The van der Waals surface area contributed by atoms with Crippen LogP contribution in [-0.2, 0) is 6.42 Å². The standard InChI is InChI=1S/C20H21N3O/c1-15(12-13-16-8-4-2-5-9-16)22-20(24)18-14-21-23-19(18)17-10-6-3-7-11-17/h2-11,14-15H,12-13H2,1H3,(H,21,23)(H,22,24)/t15-/m0/s1. The zero-order valence-corrected chi connectivity index (χ0v) is 13.7. The van der Waals surface area contributed by atoms with Gasteiger partial charge in [0.1, 0.15) is 0 Å². The molecule has 0 spiro atoms. The van der Waals surface area contributed by atoms with E-state index in [1.807, 2.05) is 55.5 Å². The zero-order valence-electron chi connectivity index (χ0n) is 13.7. The number of amides is 1. The molecule has 2 N–H and O–H groups in total. The summed E-state index contributed by atoms with van der Waals surface area (Å²) in [6.07, 6.45) is 3.43. The highest BCUT2D eigenvalue weighted by Crippen LogP contribution is 2.20. The molecule has 2 aromatic carbocycles. The molecular formula is C20H21N3O. The predicted molar refractivity (Wildman–Crippen MR) is 95.7 cm³/mol. The molecule has 1 heterocycles. The maximum absolute atomic E-state index is 12.6. The van der Waals surface area contributed by atoms with Gasteiger partial charge in [-0.15, -0.1) is 0 Å². The Bertz CT molecular complexity index is 781. The number of aromatic nitrogens is 2. The van der Waals surface area contributed by atoms with Crippen molar-refractivity contribution in [2.24, 2.45) is 0 Å². The molecule has 122 valence electrons. The van der Waals surface area contributed by atoms with E-state index in [9.17, 15) is 4.79 Å². The molecule has 4 nitrogen and oxygen atoms in total. The van der Waals surface area contributed by atoms with Crippen molar-refractivity contribution in [1.82, 2.24) is 15.5 Å². The largest absolute Gasteiger partial charge is 0.349 e. The van der Waals surface area contributed by atoms with Crippen LogP contribution in [0.3, 0.4) is 0 Å². The first-order chi connectivity index (χ1) is 11.7. The molecule has 0 unspecified atom stereocenters. The maximum Gasteiger partial charge on any atom is 0.255 e.